The third kappa shape index (κ3) is 2.55. The molecule has 92 valence electrons. The minimum atomic E-state index is -0.627. The number of rotatable bonds is 2. The van der Waals surface area contributed by atoms with E-state index < -0.39 is 11.9 Å². The standard InChI is InChI=1S/C12H14O5/c1-6-5-9(17-8(3)13)7(2)11(14)10(6)12(15)16-4/h5,14H,1-4H3. The minimum absolute atomic E-state index is 0.0842. The Kier molecular flexibility index (Phi) is 3.73. The molecule has 0 spiro atoms. The number of carbonyl (C=O) groups excluding carboxylic acids is 2. The summed E-state index contributed by atoms with van der Waals surface area (Å²) in [4.78, 5) is 22.3. The molecule has 17 heavy (non-hydrogen) atoms. The van der Waals surface area contributed by atoms with E-state index in [4.69, 9.17) is 4.74 Å². The molecule has 1 N–H and O–H groups in total. The van der Waals surface area contributed by atoms with Gasteiger partial charge in [-0.1, -0.05) is 0 Å². The van der Waals surface area contributed by atoms with Crippen LogP contribution in [0.1, 0.15) is 28.4 Å². The Labute approximate surface area is 99.0 Å². The summed E-state index contributed by atoms with van der Waals surface area (Å²) in [5, 5.41) is 9.88. The average molecular weight is 238 g/mol. The van der Waals surface area contributed by atoms with Crippen LogP contribution in [-0.4, -0.2) is 24.2 Å². The summed E-state index contributed by atoms with van der Waals surface area (Å²) in [5.41, 5.74) is 0.892. The Morgan fingerprint density at radius 2 is 1.88 bits per heavy atom. The third-order valence-corrected chi connectivity index (χ3v) is 2.35. The van der Waals surface area contributed by atoms with E-state index >= 15 is 0 Å². The van der Waals surface area contributed by atoms with Crippen molar-refractivity contribution >= 4 is 11.9 Å². The smallest absolute Gasteiger partial charge is 0.341 e. The third-order valence-electron chi connectivity index (χ3n) is 2.35. The van der Waals surface area contributed by atoms with Gasteiger partial charge in [-0.2, -0.15) is 0 Å². The van der Waals surface area contributed by atoms with Crippen molar-refractivity contribution in [3.8, 4) is 11.5 Å². The number of phenols is 1. The van der Waals surface area contributed by atoms with Gasteiger partial charge >= 0.3 is 11.9 Å². The molecule has 0 bridgehead atoms. The van der Waals surface area contributed by atoms with Gasteiger partial charge < -0.3 is 14.6 Å². The fraction of sp³-hybridized carbons (Fsp3) is 0.333. The summed E-state index contributed by atoms with van der Waals surface area (Å²) in [6, 6.07) is 1.52. The average Bonchev–Trinajstić information content (AvgIpc) is 2.24. The fourth-order valence-corrected chi connectivity index (χ4v) is 1.49. The molecule has 0 saturated heterocycles. The van der Waals surface area contributed by atoms with Crippen LogP contribution in [0.5, 0.6) is 11.5 Å². The Balaban J connectivity index is 3.36. The predicted octanol–water partition coefficient (Wildman–Crippen LogP) is 1.72. The molecule has 1 aromatic carbocycles. The second kappa shape index (κ2) is 4.86. The summed E-state index contributed by atoms with van der Waals surface area (Å²) in [6.45, 7) is 4.44. The van der Waals surface area contributed by atoms with Crippen molar-refractivity contribution in [1.29, 1.82) is 0 Å². The predicted molar refractivity (Wildman–Crippen MR) is 60.2 cm³/mol. The molecule has 0 heterocycles. The van der Waals surface area contributed by atoms with Crippen molar-refractivity contribution in [1.82, 2.24) is 0 Å². The summed E-state index contributed by atoms with van der Waals surface area (Å²) >= 11 is 0. The van der Waals surface area contributed by atoms with Crippen molar-refractivity contribution in [2.24, 2.45) is 0 Å². The molecule has 0 radical (unpaired) electrons. The topological polar surface area (TPSA) is 72.8 Å². The van der Waals surface area contributed by atoms with Gasteiger partial charge in [0.2, 0.25) is 0 Å². The zero-order valence-corrected chi connectivity index (χ0v) is 10.2. The molecule has 0 aliphatic rings. The van der Waals surface area contributed by atoms with Crippen molar-refractivity contribution in [3.63, 3.8) is 0 Å². The first-order valence-corrected chi connectivity index (χ1v) is 4.98. The van der Waals surface area contributed by atoms with Crippen LogP contribution in [0.25, 0.3) is 0 Å². The molecule has 0 atom stereocenters. The highest BCUT2D eigenvalue weighted by Gasteiger charge is 2.20. The number of phenolic OH excluding ortho intramolecular Hbond substituents is 1. The number of aromatic hydroxyl groups is 1. The van der Waals surface area contributed by atoms with E-state index in [0.29, 0.717) is 11.1 Å². The first-order valence-electron chi connectivity index (χ1n) is 4.98. The van der Waals surface area contributed by atoms with Crippen molar-refractivity contribution in [2.45, 2.75) is 20.8 Å². The molecular formula is C12H14O5. The van der Waals surface area contributed by atoms with Crippen LogP contribution >= 0.6 is 0 Å². The number of hydrogen-bond donors (Lipinski definition) is 1. The van der Waals surface area contributed by atoms with E-state index in [1.165, 1.54) is 20.1 Å². The minimum Gasteiger partial charge on any atom is -0.507 e. The second-order valence-electron chi connectivity index (χ2n) is 3.63. The summed E-state index contributed by atoms with van der Waals surface area (Å²) in [6.07, 6.45) is 0. The molecular weight excluding hydrogens is 224 g/mol. The van der Waals surface area contributed by atoms with Gasteiger partial charge in [0.15, 0.2) is 0 Å². The lowest BCUT2D eigenvalue weighted by Gasteiger charge is -2.13. The number of ether oxygens (including phenoxy) is 2. The van der Waals surface area contributed by atoms with Crippen LogP contribution in [0.2, 0.25) is 0 Å². The molecule has 1 rings (SSSR count). The molecule has 0 unspecified atom stereocenters. The Morgan fingerprint density at radius 3 is 2.35 bits per heavy atom. The monoisotopic (exact) mass is 238 g/mol. The molecule has 0 saturated carbocycles. The Morgan fingerprint density at radius 1 is 1.29 bits per heavy atom. The van der Waals surface area contributed by atoms with Gasteiger partial charge in [-0.25, -0.2) is 4.79 Å². The first-order chi connectivity index (χ1) is 7.88. The molecule has 5 nitrogen and oxygen atoms in total. The number of methoxy groups -OCH3 is 1. The quantitative estimate of drug-likeness (QED) is 0.627. The number of carbonyl (C=O) groups is 2. The maximum absolute atomic E-state index is 11.5. The number of benzene rings is 1. The maximum Gasteiger partial charge on any atom is 0.341 e. The van der Waals surface area contributed by atoms with Crippen molar-refractivity contribution < 1.29 is 24.2 Å². The normalized spacial score (nSPS) is 9.88. The lowest BCUT2D eigenvalue weighted by molar-refractivity contribution is -0.131. The van der Waals surface area contributed by atoms with E-state index in [9.17, 15) is 14.7 Å². The lowest BCUT2D eigenvalue weighted by Crippen LogP contribution is -2.08. The molecule has 5 heteroatoms. The molecule has 0 aromatic heterocycles. The highest BCUT2D eigenvalue weighted by molar-refractivity contribution is 5.95. The summed E-state index contributed by atoms with van der Waals surface area (Å²) in [5.74, 6) is -1.11. The van der Waals surface area contributed by atoms with Gasteiger partial charge in [-0.15, -0.1) is 0 Å². The van der Waals surface area contributed by atoms with Crippen LogP contribution in [0.15, 0.2) is 6.07 Å². The van der Waals surface area contributed by atoms with Crippen LogP contribution in [0.4, 0.5) is 0 Å². The molecule has 0 aliphatic heterocycles. The Bertz CT molecular complexity index is 476. The summed E-state index contributed by atoms with van der Waals surface area (Å²) < 4.78 is 9.49. The van der Waals surface area contributed by atoms with Gasteiger partial charge in [0.05, 0.1) is 7.11 Å². The molecule has 0 amide bonds. The van der Waals surface area contributed by atoms with Crippen molar-refractivity contribution in [2.75, 3.05) is 7.11 Å². The summed E-state index contributed by atoms with van der Waals surface area (Å²) in [7, 11) is 1.23. The van der Waals surface area contributed by atoms with Crippen LogP contribution < -0.4 is 4.74 Å². The fourth-order valence-electron chi connectivity index (χ4n) is 1.49. The molecule has 1 aromatic rings. The number of hydrogen-bond acceptors (Lipinski definition) is 5. The van der Waals surface area contributed by atoms with Crippen LogP contribution in [0.3, 0.4) is 0 Å². The van der Waals surface area contributed by atoms with E-state index in [1.807, 2.05) is 0 Å². The highest BCUT2D eigenvalue weighted by atomic mass is 16.5. The van der Waals surface area contributed by atoms with Gasteiger partial charge in [-0.05, 0) is 25.5 Å². The maximum atomic E-state index is 11.5. The van der Waals surface area contributed by atoms with Gasteiger partial charge in [0, 0.05) is 12.5 Å². The van der Waals surface area contributed by atoms with Gasteiger partial charge in [0.1, 0.15) is 17.1 Å². The van der Waals surface area contributed by atoms with E-state index in [0.717, 1.165) is 0 Å². The molecule has 0 fully saturated rings. The van der Waals surface area contributed by atoms with Crippen LogP contribution in [0, 0.1) is 13.8 Å². The Hall–Kier alpha value is -2.04. The zero-order valence-electron chi connectivity index (χ0n) is 10.2. The van der Waals surface area contributed by atoms with Gasteiger partial charge in [-0.3, -0.25) is 4.79 Å². The van der Waals surface area contributed by atoms with E-state index in [-0.39, 0.29) is 17.1 Å². The number of aryl methyl sites for hydroxylation is 1. The zero-order chi connectivity index (χ0) is 13.2. The second-order valence-corrected chi connectivity index (χ2v) is 3.63. The lowest BCUT2D eigenvalue weighted by atomic mass is 10.0. The SMILES string of the molecule is COC(=O)c1c(C)cc(OC(C)=O)c(C)c1O. The van der Waals surface area contributed by atoms with Crippen molar-refractivity contribution in [3.05, 3.63) is 22.8 Å². The van der Waals surface area contributed by atoms with E-state index in [1.54, 1.807) is 13.8 Å². The first kappa shape index (κ1) is 13.0. The number of esters is 2. The van der Waals surface area contributed by atoms with E-state index in [2.05, 4.69) is 4.74 Å². The molecule has 0 aliphatic carbocycles. The highest BCUT2D eigenvalue weighted by Crippen LogP contribution is 2.33. The van der Waals surface area contributed by atoms with Crippen LogP contribution in [-0.2, 0) is 9.53 Å². The van der Waals surface area contributed by atoms with Gasteiger partial charge in [0.25, 0.3) is 0 Å². The largest absolute Gasteiger partial charge is 0.507 e.